The second-order valence-corrected chi connectivity index (χ2v) is 3.63. The van der Waals surface area contributed by atoms with Gasteiger partial charge in [-0.1, -0.05) is 23.2 Å². The number of nitriles is 1. The van der Waals surface area contributed by atoms with E-state index in [0.717, 1.165) is 10.8 Å². The predicted octanol–water partition coefficient (Wildman–Crippen LogP) is 3.41. The minimum absolute atomic E-state index is 0.479. The Labute approximate surface area is 90.7 Å². The van der Waals surface area contributed by atoms with E-state index >= 15 is 0 Å². The summed E-state index contributed by atoms with van der Waals surface area (Å²) in [5, 5.41) is 11.4. The highest BCUT2D eigenvalue weighted by atomic mass is 35.5. The van der Waals surface area contributed by atoms with Crippen molar-refractivity contribution in [2.24, 2.45) is 0 Å². The molecule has 1 aromatic carbocycles. The van der Waals surface area contributed by atoms with Crippen LogP contribution in [0.2, 0.25) is 10.0 Å². The van der Waals surface area contributed by atoms with Gasteiger partial charge in [0.25, 0.3) is 0 Å². The molecule has 68 valence electrons. The Morgan fingerprint density at radius 3 is 2.64 bits per heavy atom. The minimum Gasteiger partial charge on any atom is -0.263 e. The molecule has 0 radical (unpaired) electrons. The van der Waals surface area contributed by atoms with E-state index in [4.69, 9.17) is 28.5 Å². The van der Waals surface area contributed by atoms with Crippen LogP contribution in [0.15, 0.2) is 24.5 Å². The lowest BCUT2D eigenvalue weighted by molar-refractivity contribution is 1.34. The van der Waals surface area contributed by atoms with Crippen molar-refractivity contribution in [2.45, 2.75) is 0 Å². The molecule has 1 aromatic heterocycles. The van der Waals surface area contributed by atoms with Gasteiger partial charge in [-0.05, 0) is 12.1 Å². The molecule has 0 spiro atoms. The predicted molar refractivity (Wildman–Crippen MR) is 56.5 cm³/mol. The van der Waals surface area contributed by atoms with E-state index in [-0.39, 0.29) is 0 Å². The fourth-order valence-corrected chi connectivity index (χ4v) is 1.83. The SMILES string of the molecule is N#Cc1cncc2c(Cl)cc(Cl)cc12. The zero-order valence-corrected chi connectivity index (χ0v) is 8.47. The van der Waals surface area contributed by atoms with Crippen molar-refractivity contribution in [3.63, 3.8) is 0 Å². The molecule has 0 unspecified atom stereocenters. The molecular formula is C10H4Cl2N2. The van der Waals surface area contributed by atoms with Crippen LogP contribution in [0.1, 0.15) is 5.56 Å². The molecule has 0 aliphatic carbocycles. The highest BCUT2D eigenvalue weighted by molar-refractivity contribution is 6.38. The van der Waals surface area contributed by atoms with Gasteiger partial charge in [0.1, 0.15) is 6.07 Å². The summed E-state index contributed by atoms with van der Waals surface area (Å²) < 4.78 is 0. The van der Waals surface area contributed by atoms with Crippen molar-refractivity contribution in [1.29, 1.82) is 5.26 Å². The highest BCUT2D eigenvalue weighted by Gasteiger charge is 2.05. The van der Waals surface area contributed by atoms with Crippen molar-refractivity contribution in [1.82, 2.24) is 4.98 Å². The maximum absolute atomic E-state index is 8.84. The van der Waals surface area contributed by atoms with Crippen LogP contribution in [0.4, 0.5) is 0 Å². The van der Waals surface area contributed by atoms with Crippen LogP contribution in [-0.4, -0.2) is 4.98 Å². The Bertz CT molecular complexity index is 544. The molecule has 0 N–H and O–H groups in total. The van der Waals surface area contributed by atoms with E-state index < -0.39 is 0 Å². The maximum atomic E-state index is 8.84. The molecule has 0 aliphatic heterocycles. The van der Waals surface area contributed by atoms with Gasteiger partial charge in [0.15, 0.2) is 0 Å². The van der Waals surface area contributed by atoms with Gasteiger partial charge in [0.2, 0.25) is 0 Å². The lowest BCUT2D eigenvalue weighted by Crippen LogP contribution is -1.83. The standard InChI is InChI=1S/C10H4Cl2N2/c11-7-1-8-6(3-13)4-14-5-9(8)10(12)2-7/h1-2,4-5H. The molecule has 0 saturated heterocycles. The zero-order valence-electron chi connectivity index (χ0n) is 6.96. The first kappa shape index (κ1) is 9.26. The largest absolute Gasteiger partial charge is 0.263 e. The van der Waals surface area contributed by atoms with Gasteiger partial charge in [-0.3, -0.25) is 4.98 Å². The summed E-state index contributed by atoms with van der Waals surface area (Å²) in [5.41, 5.74) is 0.479. The van der Waals surface area contributed by atoms with Crippen molar-refractivity contribution < 1.29 is 0 Å². The lowest BCUT2D eigenvalue weighted by atomic mass is 10.1. The van der Waals surface area contributed by atoms with Crippen molar-refractivity contribution >= 4 is 34.0 Å². The number of fused-ring (bicyclic) bond motifs is 1. The molecule has 0 bridgehead atoms. The fraction of sp³-hybridized carbons (Fsp3) is 0. The number of hydrogen-bond donors (Lipinski definition) is 0. The Kier molecular flexibility index (Phi) is 2.28. The lowest BCUT2D eigenvalue weighted by Gasteiger charge is -2.01. The number of halogens is 2. The summed E-state index contributed by atoms with van der Waals surface area (Å²) >= 11 is 11.8. The molecule has 0 atom stereocenters. The first-order valence-corrected chi connectivity index (χ1v) is 4.61. The summed E-state index contributed by atoms with van der Waals surface area (Å²) in [6.07, 6.45) is 3.11. The molecule has 2 rings (SSSR count). The van der Waals surface area contributed by atoms with Crippen LogP contribution in [0, 0.1) is 11.3 Å². The van der Waals surface area contributed by atoms with Gasteiger partial charge in [-0.2, -0.15) is 5.26 Å². The summed E-state index contributed by atoms with van der Waals surface area (Å²) in [6, 6.07) is 5.39. The summed E-state index contributed by atoms with van der Waals surface area (Å²) in [5.74, 6) is 0. The molecule has 14 heavy (non-hydrogen) atoms. The van der Waals surface area contributed by atoms with Crippen LogP contribution in [0.5, 0.6) is 0 Å². The number of rotatable bonds is 0. The van der Waals surface area contributed by atoms with Gasteiger partial charge in [0, 0.05) is 28.2 Å². The third kappa shape index (κ3) is 1.41. The third-order valence-electron chi connectivity index (χ3n) is 1.91. The number of aromatic nitrogens is 1. The van der Waals surface area contributed by atoms with Gasteiger partial charge in [-0.25, -0.2) is 0 Å². The third-order valence-corrected chi connectivity index (χ3v) is 2.44. The zero-order chi connectivity index (χ0) is 10.1. The minimum atomic E-state index is 0.479. The van der Waals surface area contributed by atoms with E-state index in [1.165, 1.54) is 6.20 Å². The van der Waals surface area contributed by atoms with E-state index in [2.05, 4.69) is 4.98 Å². The van der Waals surface area contributed by atoms with Crippen LogP contribution < -0.4 is 0 Å². The van der Waals surface area contributed by atoms with Gasteiger partial charge in [0.05, 0.1) is 10.6 Å². The Morgan fingerprint density at radius 1 is 1.14 bits per heavy atom. The molecule has 2 aromatic rings. The van der Waals surface area contributed by atoms with Crippen molar-refractivity contribution in [3.05, 3.63) is 40.1 Å². The number of pyridine rings is 1. The summed E-state index contributed by atoms with van der Waals surface area (Å²) in [7, 11) is 0. The molecule has 2 nitrogen and oxygen atoms in total. The average molecular weight is 223 g/mol. The first-order chi connectivity index (χ1) is 6.72. The number of benzene rings is 1. The average Bonchev–Trinajstić information content (AvgIpc) is 2.17. The Morgan fingerprint density at radius 2 is 1.93 bits per heavy atom. The van der Waals surface area contributed by atoms with E-state index in [1.54, 1.807) is 18.3 Å². The van der Waals surface area contributed by atoms with Gasteiger partial charge < -0.3 is 0 Å². The smallest absolute Gasteiger partial charge is 0.101 e. The molecule has 0 amide bonds. The second kappa shape index (κ2) is 3.45. The van der Waals surface area contributed by atoms with Crippen LogP contribution >= 0.6 is 23.2 Å². The topological polar surface area (TPSA) is 36.7 Å². The van der Waals surface area contributed by atoms with Crippen molar-refractivity contribution in [3.8, 4) is 6.07 Å². The van der Waals surface area contributed by atoms with Crippen LogP contribution in [0.3, 0.4) is 0 Å². The molecule has 0 saturated carbocycles. The normalized spacial score (nSPS) is 10.1. The summed E-state index contributed by atoms with van der Waals surface area (Å²) in [4.78, 5) is 3.92. The van der Waals surface area contributed by atoms with E-state index in [9.17, 15) is 0 Å². The highest BCUT2D eigenvalue weighted by Crippen LogP contribution is 2.28. The molecule has 1 heterocycles. The number of nitrogens with zero attached hydrogens (tertiary/aromatic N) is 2. The number of hydrogen-bond acceptors (Lipinski definition) is 2. The van der Waals surface area contributed by atoms with Crippen molar-refractivity contribution in [2.75, 3.05) is 0 Å². The maximum Gasteiger partial charge on any atom is 0.101 e. The molecule has 4 heteroatoms. The molecule has 0 fully saturated rings. The first-order valence-electron chi connectivity index (χ1n) is 3.85. The van der Waals surface area contributed by atoms with Gasteiger partial charge in [-0.15, -0.1) is 0 Å². The summed E-state index contributed by atoms with van der Waals surface area (Å²) in [6.45, 7) is 0. The Hall–Kier alpha value is -1.30. The van der Waals surface area contributed by atoms with E-state index in [1.807, 2.05) is 6.07 Å². The second-order valence-electron chi connectivity index (χ2n) is 2.78. The Balaban J connectivity index is 2.95. The van der Waals surface area contributed by atoms with E-state index in [0.29, 0.717) is 15.6 Å². The monoisotopic (exact) mass is 222 g/mol. The fourth-order valence-electron chi connectivity index (χ4n) is 1.28. The van der Waals surface area contributed by atoms with Crippen LogP contribution in [-0.2, 0) is 0 Å². The van der Waals surface area contributed by atoms with Gasteiger partial charge >= 0.3 is 0 Å². The molecular weight excluding hydrogens is 219 g/mol. The quantitative estimate of drug-likeness (QED) is 0.686. The van der Waals surface area contributed by atoms with Crippen LogP contribution in [0.25, 0.3) is 10.8 Å². The molecule has 0 aliphatic rings.